The maximum absolute atomic E-state index is 12.2. The number of hydrogen-bond donors (Lipinski definition) is 1. The number of aryl methyl sites for hydroxylation is 1. The van der Waals surface area contributed by atoms with Crippen molar-refractivity contribution in [2.24, 2.45) is 0 Å². The van der Waals surface area contributed by atoms with Gasteiger partial charge in [0.25, 0.3) is 5.69 Å². The molecule has 1 aromatic heterocycles. The summed E-state index contributed by atoms with van der Waals surface area (Å²) >= 11 is 0. The number of ether oxygens (including phenoxy) is 2. The summed E-state index contributed by atoms with van der Waals surface area (Å²) in [5.74, 6) is 1.01. The monoisotopic (exact) mass is 330 g/mol. The van der Waals surface area contributed by atoms with Gasteiger partial charge in [-0.3, -0.25) is 0 Å². The summed E-state index contributed by atoms with van der Waals surface area (Å²) in [6.07, 6.45) is 0.845. The zero-order valence-electron chi connectivity index (χ0n) is 14.3. The van der Waals surface area contributed by atoms with E-state index in [-0.39, 0.29) is 6.54 Å². The van der Waals surface area contributed by atoms with Crippen LogP contribution in [0.3, 0.4) is 0 Å². The first-order chi connectivity index (χ1) is 11.2. The summed E-state index contributed by atoms with van der Waals surface area (Å²) in [5.41, 5.74) is 0.459. The van der Waals surface area contributed by atoms with Crippen molar-refractivity contribution in [3.63, 3.8) is 0 Å². The van der Waals surface area contributed by atoms with Gasteiger partial charge < -0.3 is 20.0 Å². The lowest BCUT2D eigenvalue weighted by molar-refractivity contribution is -0.615. The van der Waals surface area contributed by atoms with Crippen LogP contribution in [0.5, 0.6) is 11.5 Å². The van der Waals surface area contributed by atoms with Crippen molar-refractivity contribution in [2.45, 2.75) is 39.8 Å². The number of amides is 1. The number of carbonyl (C=O) groups is 1. The maximum Gasteiger partial charge on any atom is 0.408 e. The molecule has 0 unspecified atom stereocenters. The summed E-state index contributed by atoms with van der Waals surface area (Å²) in [6.45, 7) is 7.13. The average molecular weight is 330 g/mol. The summed E-state index contributed by atoms with van der Waals surface area (Å²) in [5, 5.41) is 14.8. The molecule has 1 heterocycles. The van der Waals surface area contributed by atoms with Crippen LogP contribution in [0.4, 0.5) is 4.79 Å². The second-order valence-electron chi connectivity index (χ2n) is 6.42. The molecule has 128 valence electrons. The van der Waals surface area contributed by atoms with E-state index in [0.29, 0.717) is 21.9 Å². The highest BCUT2D eigenvalue weighted by molar-refractivity contribution is 5.67. The van der Waals surface area contributed by atoms with E-state index in [1.807, 2.05) is 18.2 Å². The predicted molar refractivity (Wildman–Crippen MR) is 89.7 cm³/mol. The number of benzene rings is 1. The number of alkyl carbamates (subject to hydrolysis) is 1. The summed E-state index contributed by atoms with van der Waals surface area (Å²) in [4.78, 5) is 11.8. The number of nitrogens with zero attached hydrogens (tertiary/aromatic N) is 1. The number of rotatable bonds is 4. The first kappa shape index (κ1) is 17.6. The van der Waals surface area contributed by atoms with Gasteiger partial charge in [0.15, 0.2) is 11.9 Å². The Labute approximate surface area is 141 Å². The van der Waals surface area contributed by atoms with Crippen LogP contribution in [-0.4, -0.2) is 11.7 Å². The third-order valence-electron chi connectivity index (χ3n) is 3.00. The topological polar surface area (TPSA) is 74.5 Å². The molecule has 1 amide bonds. The fourth-order valence-electron chi connectivity index (χ4n) is 2.04. The smallest absolute Gasteiger partial charge is 0.408 e. The van der Waals surface area contributed by atoms with Crippen molar-refractivity contribution < 1.29 is 19.0 Å². The number of nitrogens with one attached hydrogen (secondary N) is 1. The fourth-order valence-corrected chi connectivity index (χ4v) is 2.04. The number of aromatic nitrogens is 1. The van der Waals surface area contributed by atoms with Gasteiger partial charge in [-0.15, -0.1) is 0 Å². The minimum Gasteiger partial charge on any atom is -0.618 e. The van der Waals surface area contributed by atoms with Crippen molar-refractivity contribution in [3.05, 3.63) is 59.1 Å². The second kappa shape index (κ2) is 7.21. The Morgan fingerprint density at radius 1 is 1.25 bits per heavy atom. The minimum atomic E-state index is -0.603. The third-order valence-corrected chi connectivity index (χ3v) is 3.00. The van der Waals surface area contributed by atoms with Crippen LogP contribution in [0.2, 0.25) is 0 Å². The molecule has 0 atom stereocenters. The molecule has 0 aliphatic heterocycles. The van der Waals surface area contributed by atoms with E-state index in [2.05, 4.69) is 5.32 Å². The van der Waals surface area contributed by atoms with Crippen molar-refractivity contribution in [1.29, 1.82) is 0 Å². The Bertz CT molecular complexity index is 709. The Hall–Kier alpha value is -2.76. The Morgan fingerprint density at radius 2 is 1.92 bits per heavy atom. The Balaban J connectivity index is 2.18. The van der Waals surface area contributed by atoms with Gasteiger partial charge >= 0.3 is 6.09 Å². The zero-order chi connectivity index (χ0) is 17.7. The average Bonchev–Trinajstić information content (AvgIpc) is 2.45. The van der Waals surface area contributed by atoms with Gasteiger partial charge in [0.2, 0.25) is 0 Å². The minimum absolute atomic E-state index is 0.000853. The van der Waals surface area contributed by atoms with E-state index in [4.69, 9.17) is 9.47 Å². The van der Waals surface area contributed by atoms with E-state index in [0.717, 1.165) is 5.56 Å². The lowest BCUT2D eigenvalue weighted by Crippen LogP contribution is -2.38. The van der Waals surface area contributed by atoms with Crippen LogP contribution in [0.1, 0.15) is 32.0 Å². The molecule has 0 saturated heterocycles. The molecular formula is C18H22N2O4. The second-order valence-corrected chi connectivity index (χ2v) is 6.42. The molecule has 0 spiro atoms. The summed E-state index contributed by atoms with van der Waals surface area (Å²) in [6, 6.07) is 10.9. The molecule has 6 nitrogen and oxygen atoms in total. The van der Waals surface area contributed by atoms with Gasteiger partial charge in [-0.05, 0) is 45.9 Å². The van der Waals surface area contributed by atoms with Crippen LogP contribution < -0.4 is 14.8 Å². The lowest BCUT2D eigenvalue weighted by Gasteiger charge is -2.19. The number of para-hydroxylation sites is 1. The molecular weight excluding hydrogens is 308 g/mol. The number of carbonyl (C=O) groups excluding carboxylic acids is 1. The van der Waals surface area contributed by atoms with E-state index >= 15 is 0 Å². The van der Waals surface area contributed by atoms with Gasteiger partial charge in [0.1, 0.15) is 17.9 Å². The fraction of sp³-hybridized carbons (Fsp3) is 0.333. The molecule has 0 aliphatic carbocycles. The molecule has 0 bridgehead atoms. The van der Waals surface area contributed by atoms with Crippen LogP contribution in [0, 0.1) is 12.1 Å². The molecule has 0 saturated carbocycles. The molecule has 1 N–H and O–H groups in total. The molecule has 0 radical (unpaired) electrons. The van der Waals surface area contributed by atoms with E-state index in [1.54, 1.807) is 45.9 Å². The van der Waals surface area contributed by atoms with E-state index < -0.39 is 11.7 Å². The van der Waals surface area contributed by atoms with Crippen LogP contribution in [-0.2, 0) is 11.3 Å². The van der Waals surface area contributed by atoms with E-state index in [9.17, 15) is 10.0 Å². The largest absolute Gasteiger partial charge is 0.618 e. The molecule has 2 rings (SSSR count). The van der Waals surface area contributed by atoms with Crippen molar-refractivity contribution in [1.82, 2.24) is 5.32 Å². The number of pyridine rings is 1. The zero-order valence-corrected chi connectivity index (χ0v) is 14.3. The first-order valence-corrected chi connectivity index (χ1v) is 7.67. The van der Waals surface area contributed by atoms with Crippen LogP contribution in [0.15, 0.2) is 42.6 Å². The number of hydrogen-bond acceptors (Lipinski definition) is 4. The van der Waals surface area contributed by atoms with Gasteiger partial charge in [-0.2, -0.15) is 4.73 Å². The summed E-state index contributed by atoms with van der Waals surface area (Å²) in [7, 11) is 0. The highest BCUT2D eigenvalue weighted by Crippen LogP contribution is 2.24. The van der Waals surface area contributed by atoms with Gasteiger partial charge in [0, 0.05) is 5.56 Å². The highest BCUT2D eigenvalue weighted by atomic mass is 16.6. The molecule has 0 aliphatic rings. The molecule has 24 heavy (non-hydrogen) atoms. The van der Waals surface area contributed by atoms with Crippen LogP contribution >= 0.6 is 0 Å². The standard InChI is InChI=1S/C18H22N2O4/c1-13-10-16(23-14-8-6-5-7-9-14)15(20(22)12-13)11-19-17(21)24-18(2,3)4/h5-10,12H,11H2,1-4H3,(H,19,21). The van der Waals surface area contributed by atoms with Crippen LogP contribution in [0.25, 0.3) is 0 Å². The van der Waals surface area contributed by atoms with Crippen molar-refractivity contribution >= 4 is 6.09 Å². The molecule has 1 aromatic carbocycles. The quantitative estimate of drug-likeness (QED) is 0.688. The SMILES string of the molecule is Cc1cc(Oc2ccccc2)c(CNC(=O)OC(C)(C)C)[n+]([O-])c1. The third kappa shape index (κ3) is 5.15. The van der Waals surface area contributed by atoms with Crippen molar-refractivity contribution in [3.8, 4) is 11.5 Å². The Morgan fingerprint density at radius 3 is 2.54 bits per heavy atom. The lowest BCUT2D eigenvalue weighted by atomic mass is 10.2. The van der Waals surface area contributed by atoms with Gasteiger partial charge in [-0.1, -0.05) is 18.2 Å². The van der Waals surface area contributed by atoms with Crippen molar-refractivity contribution in [2.75, 3.05) is 0 Å². The highest BCUT2D eigenvalue weighted by Gasteiger charge is 2.20. The molecule has 0 fully saturated rings. The first-order valence-electron chi connectivity index (χ1n) is 7.67. The summed E-state index contributed by atoms with van der Waals surface area (Å²) < 4.78 is 11.7. The normalized spacial score (nSPS) is 11.0. The van der Waals surface area contributed by atoms with Gasteiger partial charge in [0.05, 0.1) is 0 Å². The molecule has 6 heteroatoms. The van der Waals surface area contributed by atoms with Gasteiger partial charge in [-0.25, -0.2) is 4.79 Å². The molecule has 2 aromatic rings. The van der Waals surface area contributed by atoms with E-state index in [1.165, 1.54) is 6.20 Å². The Kier molecular flexibility index (Phi) is 5.28. The maximum atomic E-state index is 12.2. The predicted octanol–water partition coefficient (Wildman–Crippen LogP) is 3.45.